The van der Waals surface area contributed by atoms with Crippen LogP contribution in [-0.2, 0) is 15.2 Å². The zero-order valence-corrected chi connectivity index (χ0v) is 21.2. The fourth-order valence-electron chi connectivity index (χ4n) is 3.78. The first kappa shape index (κ1) is 25.4. The summed E-state index contributed by atoms with van der Waals surface area (Å²) in [5.41, 5.74) is 2.04. The Balaban J connectivity index is 1.79. The van der Waals surface area contributed by atoms with E-state index in [0.29, 0.717) is 5.13 Å². The number of nitrogens with one attached hydrogen (secondary N) is 1. The van der Waals surface area contributed by atoms with E-state index in [-0.39, 0.29) is 22.5 Å². The topological polar surface area (TPSA) is 83.8 Å². The van der Waals surface area contributed by atoms with Crippen molar-refractivity contribution in [3.05, 3.63) is 129 Å². The molecule has 0 unspecified atom stereocenters. The van der Waals surface area contributed by atoms with Crippen LogP contribution >= 0.6 is 34.5 Å². The number of thiazole rings is 1. The van der Waals surface area contributed by atoms with Gasteiger partial charge in [0.15, 0.2) is 5.13 Å². The molecule has 0 amide bonds. The van der Waals surface area contributed by atoms with Gasteiger partial charge in [0.05, 0.1) is 0 Å². The molecule has 0 radical (unpaired) electrons. The summed E-state index contributed by atoms with van der Waals surface area (Å²) in [5.74, 6) is -1.27. The minimum atomic E-state index is -1.27. The summed E-state index contributed by atoms with van der Waals surface area (Å²) < 4.78 is 0.00120. The predicted molar refractivity (Wildman–Crippen MR) is 145 cm³/mol. The molecule has 2 N–H and O–H groups in total. The fraction of sp³-hybridized carbons (Fsp3) is 0.0741. The molecule has 6 nitrogen and oxygen atoms in total. The third-order valence-electron chi connectivity index (χ3n) is 5.33. The van der Waals surface area contributed by atoms with Crippen molar-refractivity contribution in [2.45, 2.75) is 5.54 Å². The fourth-order valence-corrected chi connectivity index (χ4v) is 4.66. The summed E-state index contributed by atoms with van der Waals surface area (Å²) in [6, 6.07) is 30.1. The van der Waals surface area contributed by atoms with E-state index in [0.717, 1.165) is 16.7 Å². The monoisotopic (exact) mass is 537 g/mol. The molecular formula is C27H21Cl2N3O3S. The molecule has 0 fully saturated rings. The van der Waals surface area contributed by atoms with Crippen LogP contribution in [0.1, 0.15) is 22.4 Å². The van der Waals surface area contributed by atoms with Crippen LogP contribution in [-0.4, -0.2) is 28.4 Å². The normalized spacial score (nSPS) is 11.6. The van der Waals surface area contributed by atoms with Crippen molar-refractivity contribution >= 4 is 51.4 Å². The molecule has 36 heavy (non-hydrogen) atoms. The Morgan fingerprint density at radius 1 is 0.944 bits per heavy atom. The third kappa shape index (κ3) is 5.76. The van der Waals surface area contributed by atoms with Crippen LogP contribution in [0.15, 0.2) is 112 Å². The van der Waals surface area contributed by atoms with Gasteiger partial charge in [-0.2, -0.15) is 0 Å². The van der Waals surface area contributed by atoms with Crippen molar-refractivity contribution in [2.24, 2.45) is 5.16 Å². The lowest BCUT2D eigenvalue weighted by molar-refractivity contribution is -0.129. The van der Waals surface area contributed by atoms with E-state index >= 15 is 0 Å². The lowest BCUT2D eigenvalue weighted by Crippen LogP contribution is -2.38. The molecule has 0 aliphatic heterocycles. The van der Waals surface area contributed by atoms with Crippen LogP contribution in [0.5, 0.6) is 0 Å². The van der Waals surface area contributed by atoms with E-state index in [1.54, 1.807) is 5.38 Å². The number of carboxylic acids is 1. The van der Waals surface area contributed by atoms with Crippen molar-refractivity contribution in [3.8, 4) is 0 Å². The van der Waals surface area contributed by atoms with Gasteiger partial charge < -0.3 is 15.3 Å². The second kappa shape index (κ2) is 11.9. The molecule has 0 aliphatic rings. The second-order valence-electron chi connectivity index (χ2n) is 7.55. The number of rotatable bonds is 10. The number of oxime groups is 1. The standard InChI is InChI=1S/C27H21Cl2N3O3S/c28-23(29)16-17-35-32-24(25(33)34)22-18-36-26(30-22)31-27(19-10-4-1-5-11-19,20-12-6-2-7-13-20)21-14-8-3-9-15-21/h1-16,18H,17H2,(H,30,31)(H,33,34). The van der Waals surface area contributed by atoms with Gasteiger partial charge in [-0.25, -0.2) is 9.78 Å². The quantitative estimate of drug-likeness (QED) is 0.102. The number of hydrogen-bond donors (Lipinski definition) is 2. The van der Waals surface area contributed by atoms with Crippen LogP contribution in [0.2, 0.25) is 0 Å². The molecule has 0 spiro atoms. The van der Waals surface area contributed by atoms with Gasteiger partial charge >= 0.3 is 5.97 Å². The number of benzene rings is 3. The van der Waals surface area contributed by atoms with Crippen molar-refractivity contribution in [1.82, 2.24) is 4.98 Å². The summed E-state index contributed by atoms with van der Waals surface area (Å²) in [6.45, 7) is -0.0759. The Morgan fingerprint density at radius 2 is 1.44 bits per heavy atom. The van der Waals surface area contributed by atoms with Crippen LogP contribution in [0.25, 0.3) is 0 Å². The third-order valence-corrected chi connectivity index (χ3v) is 6.40. The number of nitrogens with zero attached hydrogens (tertiary/aromatic N) is 2. The Hall–Kier alpha value is -3.65. The number of aliphatic carboxylic acids is 1. The Labute approximate surface area is 222 Å². The first-order chi connectivity index (χ1) is 17.5. The van der Waals surface area contributed by atoms with E-state index in [2.05, 4.69) is 51.9 Å². The van der Waals surface area contributed by atoms with Crippen LogP contribution in [0.3, 0.4) is 0 Å². The number of aromatic nitrogens is 1. The van der Waals surface area contributed by atoms with Gasteiger partial charge in [-0.3, -0.25) is 0 Å². The van der Waals surface area contributed by atoms with Gasteiger partial charge in [0.25, 0.3) is 0 Å². The average Bonchev–Trinajstić information content (AvgIpc) is 3.36. The zero-order valence-electron chi connectivity index (χ0n) is 18.8. The van der Waals surface area contributed by atoms with Crippen LogP contribution in [0.4, 0.5) is 5.13 Å². The van der Waals surface area contributed by atoms with Crippen LogP contribution < -0.4 is 5.32 Å². The maximum Gasteiger partial charge on any atom is 0.360 e. The van der Waals surface area contributed by atoms with Gasteiger partial charge in [0.2, 0.25) is 5.71 Å². The summed E-state index contributed by atoms with van der Waals surface area (Å²) in [6.07, 6.45) is 1.36. The van der Waals surface area contributed by atoms with Gasteiger partial charge in [-0.05, 0) is 22.8 Å². The summed E-state index contributed by atoms with van der Waals surface area (Å²) in [4.78, 5) is 21.5. The summed E-state index contributed by atoms with van der Waals surface area (Å²) >= 11 is 12.4. The van der Waals surface area contributed by atoms with E-state index in [9.17, 15) is 9.90 Å². The maximum atomic E-state index is 11.9. The highest BCUT2D eigenvalue weighted by atomic mass is 35.5. The largest absolute Gasteiger partial charge is 0.476 e. The minimum absolute atomic E-state index is 0.00120. The van der Waals surface area contributed by atoms with Gasteiger partial charge in [-0.15, -0.1) is 11.3 Å². The number of hydrogen-bond acceptors (Lipinski definition) is 6. The molecule has 4 aromatic rings. The second-order valence-corrected chi connectivity index (χ2v) is 9.41. The van der Waals surface area contributed by atoms with Crippen molar-refractivity contribution in [2.75, 3.05) is 11.9 Å². The number of halogens is 2. The van der Waals surface area contributed by atoms with E-state index in [4.69, 9.17) is 28.0 Å². The number of carbonyl (C=O) groups is 1. The molecule has 9 heteroatoms. The molecule has 0 bridgehead atoms. The molecule has 1 heterocycles. The molecule has 1 aromatic heterocycles. The molecule has 0 saturated heterocycles. The highest BCUT2D eigenvalue weighted by Crippen LogP contribution is 2.40. The molecule has 182 valence electrons. The predicted octanol–water partition coefficient (Wildman–Crippen LogP) is 6.67. The van der Waals surface area contributed by atoms with Crippen molar-refractivity contribution in [1.29, 1.82) is 0 Å². The first-order valence-electron chi connectivity index (χ1n) is 10.9. The zero-order chi connectivity index (χ0) is 25.4. The highest BCUT2D eigenvalue weighted by molar-refractivity contribution is 7.14. The van der Waals surface area contributed by atoms with Gasteiger partial charge in [0.1, 0.15) is 22.3 Å². The number of carboxylic acid groups (broad SMARTS) is 1. The first-order valence-corrected chi connectivity index (χ1v) is 12.5. The van der Waals surface area contributed by atoms with Gasteiger partial charge in [-0.1, -0.05) is 119 Å². The Morgan fingerprint density at radius 3 is 1.89 bits per heavy atom. The Bertz CT molecular complexity index is 1260. The molecule has 0 aliphatic carbocycles. The Kier molecular flexibility index (Phi) is 8.38. The molecule has 4 rings (SSSR count). The number of anilines is 1. The molecule has 3 aromatic carbocycles. The van der Waals surface area contributed by atoms with Crippen LogP contribution in [0, 0.1) is 0 Å². The summed E-state index contributed by atoms with van der Waals surface area (Å²) in [7, 11) is 0. The maximum absolute atomic E-state index is 11.9. The molecule has 0 atom stereocenters. The molecular weight excluding hydrogens is 517 g/mol. The SMILES string of the molecule is O=C(O)C(=NOCC=C(Cl)Cl)c1csc(NC(c2ccccc2)(c2ccccc2)c2ccccc2)n1. The van der Waals surface area contributed by atoms with E-state index in [1.165, 1.54) is 17.4 Å². The van der Waals surface area contributed by atoms with E-state index in [1.807, 2.05) is 54.6 Å². The van der Waals surface area contributed by atoms with E-state index < -0.39 is 11.5 Å². The highest BCUT2D eigenvalue weighted by Gasteiger charge is 2.37. The lowest BCUT2D eigenvalue weighted by Gasteiger charge is -2.36. The van der Waals surface area contributed by atoms with Gasteiger partial charge in [0, 0.05) is 5.38 Å². The van der Waals surface area contributed by atoms with Crippen molar-refractivity contribution in [3.63, 3.8) is 0 Å². The average molecular weight is 538 g/mol. The minimum Gasteiger partial charge on any atom is -0.476 e. The summed E-state index contributed by atoms with van der Waals surface area (Å²) in [5, 5.41) is 19.1. The lowest BCUT2D eigenvalue weighted by atomic mass is 9.77. The molecule has 0 saturated carbocycles. The smallest absolute Gasteiger partial charge is 0.360 e. The van der Waals surface area contributed by atoms with Crippen molar-refractivity contribution < 1.29 is 14.7 Å².